The largest absolute Gasteiger partial charge is 0.490 e. The second-order valence-corrected chi connectivity index (χ2v) is 16.8. The normalized spacial score (nSPS) is 11.0. The highest BCUT2D eigenvalue weighted by Crippen LogP contribution is 2.30. The van der Waals surface area contributed by atoms with E-state index < -0.39 is 38.0 Å². The van der Waals surface area contributed by atoms with Crippen molar-refractivity contribution in [1.29, 1.82) is 0 Å². The number of ether oxygens (including phenoxy) is 4. The molecule has 0 aliphatic heterocycles. The number of nitrogens with zero attached hydrogens (tertiary/aromatic N) is 1. The summed E-state index contributed by atoms with van der Waals surface area (Å²) in [6.45, 7) is 0.576. The van der Waals surface area contributed by atoms with Gasteiger partial charge in [-0.3, -0.25) is 14.4 Å². The average Bonchev–Trinajstić information content (AvgIpc) is 3.30. The molecule has 17 nitrogen and oxygen atoms in total. The molecule has 0 saturated carbocycles. The van der Waals surface area contributed by atoms with E-state index in [1.807, 2.05) is 0 Å². The van der Waals surface area contributed by atoms with Crippen LogP contribution in [0.15, 0.2) is 168 Å². The fourth-order valence-corrected chi connectivity index (χ4v) is 8.16. The van der Waals surface area contributed by atoms with Gasteiger partial charge in [0.15, 0.2) is 0 Å². The topological polar surface area (TPSA) is 254 Å². The van der Waals surface area contributed by atoms with Gasteiger partial charge >= 0.3 is 17.9 Å². The monoisotopic (exact) mass is 921 g/mol. The molecule has 0 fully saturated rings. The minimum absolute atomic E-state index is 0.0229. The Bertz CT molecular complexity index is 3000. The molecule has 5 N–H and O–H groups in total. The molecule has 0 unspecified atom stereocenters. The Kier molecular flexibility index (Phi) is 15.2. The maximum atomic E-state index is 13.1. The van der Waals surface area contributed by atoms with E-state index in [4.69, 9.17) is 34.3 Å². The molecule has 0 aliphatic rings. The molecule has 0 radical (unpaired) electrons. The predicted molar refractivity (Wildman–Crippen MR) is 238 cm³/mol. The Hall–Kier alpha value is -8.16. The van der Waals surface area contributed by atoms with Gasteiger partial charge in [0.2, 0.25) is 0 Å². The maximum Gasteiger partial charge on any atom is 0.335 e. The molecule has 334 valence electrons. The third-order valence-corrected chi connectivity index (χ3v) is 11.8. The lowest BCUT2D eigenvalue weighted by Gasteiger charge is -2.14. The van der Waals surface area contributed by atoms with Crippen LogP contribution in [-0.4, -0.2) is 81.5 Å². The van der Waals surface area contributed by atoms with Crippen molar-refractivity contribution in [3.05, 3.63) is 175 Å². The van der Waals surface area contributed by atoms with Gasteiger partial charge in [-0.25, -0.2) is 31.2 Å². The first kappa shape index (κ1) is 46.3. The highest BCUT2D eigenvalue weighted by Gasteiger charge is 2.21. The number of hydrogen-bond donors (Lipinski definition) is 5. The summed E-state index contributed by atoms with van der Waals surface area (Å²) in [5.74, 6) is -1.60. The number of para-hydroxylation sites is 5. The summed E-state index contributed by atoms with van der Waals surface area (Å²) >= 11 is 0. The van der Waals surface area contributed by atoms with Gasteiger partial charge < -0.3 is 34.3 Å². The summed E-state index contributed by atoms with van der Waals surface area (Å²) in [5.41, 5.74) is 1.17. The van der Waals surface area contributed by atoms with Gasteiger partial charge in [-0.2, -0.15) is 0 Å². The van der Waals surface area contributed by atoms with Crippen LogP contribution in [0.2, 0.25) is 0 Å². The Morgan fingerprint density at radius 2 is 0.877 bits per heavy atom. The van der Waals surface area contributed by atoms with Crippen molar-refractivity contribution >= 4 is 60.2 Å². The second-order valence-electron chi connectivity index (χ2n) is 13.4. The highest BCUT2D eigenvalue weighted by molar-refractivity contribution is 7.93. The first-order chi connectivity index (χ1) is 31.2. The summed E-state index contributed by atoms with van der Waals surface area (Å²) in [7, 11) is -7.88. The fourth-order valence-electron chi connectivity index (χ4n) is 5.84. The predicted octanol–water partition coefficient (Wildman–Crippen LogP) is 7.53. The lowest BCUT2D eigenvalue weighted by molar-refractivity contribution is 0.0686. The molecular weight excluding hydrogens is 883 g/mol. The Morgan fingerprint density at radius 1 is 0.462 bits per heavy atom. The van der Waals surface area contributed by atoms with Gasteiger partial charge in [0.25, 0.3) is 20.0 Å². The van der Waals surface area contributed by atoms with E-state index >= 15 is 0 Å². The van der Waals surface area contributed by atoms with Crippen molar-refractivity contribution in [2.45, 2.75) is 9.79 Å². The fraction of sp³-hybridized carbons (Fsp3) is 0.0870. The molecule has 0 aliphatic carbocycles. The van der Waals surface area contributed by atoms with Crippen molar-refractivity contribution in [2.75, 3.05) is 35.9 Å². The second kappa shape index (κ2) is 21.3. The average molecular weight is 922 g/mol. The SMILES string of the molecule is O=C(O)c1ccc(OCCOc2ccccc2NS(=O)(=O)c2ccc(C(=O)O)cc2)cc1.O=C(O)c1ccc(OCCOc2ccccc2NS(=O)(=O)c2cccc3cccnc23)cc1. The molecule has 0 amide bonds. The molecule has 1 heterocycles. The van der Waals surface area contributed by atoms with Gasteiger partial charge in [0.1, 0.15) is 54.3 Å². The van der Waals surface area contributed by atoms with Crippen LogP contribution in [0, 0.1) is 0 Å². The van der Waals surface area contributed by atoms with Crippen LogP contribution in [0.4, 0.5) is 11.4 Å². The van der Waals surface area contributed by atoms with Crippen LogP contribution >= 0.6 is 0 Å². The first-order valence-electron chi connectivity index (χ1n) is 19.3. The lowest BCUT2D eigenvalue weighted by Crippen LogP contribution is -2.15. The first-order valence-corrected chi connectivity index (χ1v) is 22.3. The van der Waals surface area contributed by atoms with E-state index in [2.05, 4.69) is 14.4 Å². The minimum atomic E-state index is -3.97. The number of fused-ring (bicyclic) bond motifs is 1. The molecule has 0 saturated heterocycles. The van der Waals surface area contributed by atoms with Gasteiger partial charge in [0, 0.05) is 11.6 Å². The van der Waals surface area contributed by atoms with Crippen LogP contribution in [0.1, 0.15) is 31.1 Å². The van der Waals surface area contributed by atoms with Crippen molar-refractivity contribution in [3.8, 4) is 23.0 Å². The van der Waals surface area contributed by atoms with E-state index in [9.17, 15) is 31.2 Å². The van der Waals surface area contributed by atoms with E-state index in [1.165, 1.54) is 72.8 Å². The molecule has 0 bridgehead atoms. The summed E-state index contributed by atoms with van der Waals surface area (Å²) < 4.78 is 78.9. The number of aromatic nitrogens is 1. The number of hydrogen-bond acceptors (Lipinski definition) is 12. The molecule has 0 spiro atoms. The number of carbonyl (C=O) groups is 3. The maximum absolute atomic E-state index is 13.1. The highest BCUT2D eigenvalue weighted by atomic mass is 32.2. The van der Waals surface area contributed by atoms with Crippen LogP contribution in [0.3, 0.4) is 0 Å². The number of carboxylic acids is 3. The Balaban J connectivity index is 0.000000216. The third kappa shape index (κ3) is 12.7. The van der Waals surface area contributed by atoms with Gasteiger partial charge in [-0.05, 0) is 109 Å². The molecular formula is C46H39N3O14S2. The van der Waals surface area contributed by atoms with Crippen molar-refractivity contribution in [2.24, 2.45) is 0 Å². The van der Waals surface area contributed by atoms with Gasteiger partial charge in [-0.15, -0.1) is 0 Å². The summed E-state index contributed by atoms with van der Waals surface area (Å²) in [6.07, 6.45) is 1.55. The number of anilines is 2. The number of sulfonamides is 2. The summed E-state index contributed by atoms with van der Waals surface area (Å²) in [5, 5.41) is 27.5. The van der Waals surface area contributed by atoms with Crippen molar-refractivity contribution in [1.82, 2.24) is 4.98 Å². The van der Waals surface area contributed by atoms with Crippen LogP contribution < -0.4 is 28.4 Å². The number of carboxylic acid groups (broad SMARTS) is 3. The third-order valence-electron chi connectivity index (χ3n) is 8.98. The zero-order valence-electron chi connectivity index (χ0n) is 33.9. The smallest absolute Gasteiger partial charge is 0.335 e. The van der Waals surface area contributed by atoms with Gasteiger partial charge in [0.05, 0.1) is 38.5 Å². The zero-order valence-corrected chi connectivity index (χ0v) is 35.6. The van der Waals surface area contributed by atoms with Crippen LogP contribution in [0.5, 0.6) is 23.0 Å². The van der Waals surface area contributed by atoms with E-state index in [0.29, 0.717) is 22.8 Å². The molecule has 1 aromatic heterocycles. The quantitative estimate of drug-likeness (QED) is 0.0491. The summed E-state index contributed by atoms with van der Waals surface area (Å²) in [4.78, 5) is 36.9. The minimum Gasteiger partial charge on any atom is -0.490 e. The number of rotatable bonds is 19. The van der Waals surface area contributed by atoms with Crippen LogP contribution in [-0.2, 0) is 20.0 Å². The number of nitrogens with one attached hydrogen (secondary N) is 2. The lowest BCUT2D eigenvalue weighted by atomic mass is 10.2. The van der Waals surface area contributed by atoms with Crippen LogP contribution in [0.25, 0.3) is 10.9 Å². The number of benzene rings is 6. The molecule has 0 atom stereocenters. The molecule has 7 aromatic rings. The number of pyridine rings is 1. The molecule has 19 heteroatoms. The van der Waals surface area contributed by atoms with E-state index in [0.717, 1.165) is 5.39 Å². The Labute approximate surface area is 372 Å². The summed E-state index contributed by atoms with van der Waals surface area (Å²) in [6, 6.07) is 38.4. The molecule has 65 heavy (non-hydrogen) atoms. The zero-order chi connectivity index (χ0) is 46.4. The van der Waals surface area contributed by atoms with E-state index in [1.54, 1.807) is 85.1 Å². The van der Waals surface area contributed by atoms with Crippen molar-refractivity contribution < 1.29 is 65.5 Å². The standard InChI is InChI=1S/C24H20N2O6S.C22H19NO8S/c27-24(28)18-10-12-19(13-11-18)31-15-16-32-21-8-2-1-7-20(21)26-33(29,30)22-9-3-5-17-6-4-14-25-23(17)22;24-21(25)15-5-9-17(10-6-15)30-13-14-31-20-4-2-1-3-19(20)23-32(28,29)18-11-7-16(8-12-18)22(26)27/h1-14,26H,15-16H2,(H,27,28);1-12,23H,13-14H2,(H,24,25)(H,26,27). The molecule has 6 aromatic carbocycles. The van der Waals surface area contributed by atoms with Gasteiger partial charge in [-0.1, -0.05) is 42.5 Å². The van der Waals surface area contributed by atoms with E-state index in [-0.39, 0.29) is 70.0 Å². The Morgan fingerprint density at radius 3 is 1.35 bits per heavy atom. The molecule has 7 rings (SSSR count). The van der Waals surface area contributed by atoms with Crippen molar-refractivity contribution in [3.63, 3.8) is 0 Å². The number of aromatic carboxylic acids is 3.